The van der Waals surface area contributed by atoms with Crippen LogP contribution in [0.1, 0.15) is 29.9 Å². The van der Waals surface area contributed by atoms with Gasteiger partial charge in [-0.1, -0.05) is 24.3 Å². The number of ether oxygens (including phenoxy) is 7. The number of anilines is 2. The first-order valence-corrected chi connectivity index (χ1v) is 18.7. The van der Waals surface area contributed by atoms with Crippen LogP contribution in [0.2, 0.25) is 0 Å². The van der Waals surface area contributed by atoms with E-state index in [1.807, 2.05) is 29.2 Å². The molecule has 21 heteroatoms. The minimum atomic E-state index is -1.33. The molecule has 6 rings (SSSR count). The Balaban J connectivity index is 1.23. The molecular weight excluding hydrogens is 785 g/mol. The Kier molecular flexibility index (Phi) is 14.6. The van der Waals surface area contributed by atoms with Gasteiger partial charge in [0.15, 0.2) is 0 Å². The summed E-state index contributed by atoms with van der Waals surface area (Å²) in [6.45, 7) is 1.33. The van der Waals surface area contributed by atoms with Gasteiger partial charge in [0, 0.05) is 38.9 Å². The van der Waals surface area contributed by atoms with Crippen molar-refractivity contribution in [2.75, 3.05) is 83.0 Å². The van der Waals surface area contributed by atoms with Crippen molar-refractivity contribution in [3.63, 3.8) is 0 Å². The lowest BCUT2D eigenvalue weighted by atomic mass is 9.84. The molecule has 3 aromatic carbocycles. The fourth-order valence-corrected chi connectivity index (χ4v) is 7.24. The largest absolute Gasteiger partial charge is 0.510 e. The van der Waals surface area contributed by atoms with Crippen LogP contribution < -0.4 is 19.3 Å². The molecule has 0 bridgehead atoms. The van der Waals surface area contributed by atoms with E-state index in [0.29, 0.717) is 56.3 Å². The second-order valence-electron chi connectivity index (χ2n) is 13.7. The molecule has 3 aliphatic rings. The first-order chi connectivity index (χ1) is 28.6. The van der Waals surface area contributed by atoms with Crippen LogP contribution in [0.25, 0.3) is 0 Å². The van der Waals surface area contributed by atoms with Gasteiger partial charge in [0.1, 0.15) is 36.1 Å². The summed E-state index contributed by atoms with van der Waals surface area (Å²) in [4.78, 5) is 61.0. The number of carbonyl (C=O) groups excluding carboxylic acids is 2. The number of hydrogen-bond acceptors (Lipinski definition) is 17. The molecule has 3 heterocycles. The number of piperidine rings is 1. The maximum atomic E-state index is 13.9. The Morgan fingerprint density at radius 3 is 2.42 bits per heavy atom. The Morgan fingerprint density at radius 2 is 1.68 bits per heavy atom. The second kappa shape index (κ2) is 20.4. The lowest BCUT2D eigenvalue weighted by molar-refractivity contribution is -0.765. The normalized spacial score (nSPS) is 19.9. The van der Waals surface area contributed by atoms with Crippen molar-refractivity contribution in [1.29, 1.82) is 0 Å². The minimum Gasteiger partial charge on any atom is -0.490 e. The number of rotatable bonds is 18. The molecular formula is C38H44FN5O15. The number of nitrogens with zero attached hydrogens (tertiary/aromatic N) is 5. The SMILES string of the molecule is COCCCN1CCOc2ccc(COC3CN(C(=O)OCO[N+](=O)[O-])CC(OC(=O)OCO[N+](=O)[O-])C3c3ccc(OC4CCN(c5cccc(F)c5)C4)cc3)cc21. The number of halogens is 1. The summed E-state index contributed by atoms with van der Waals surface area (Å²) in [5.41, 5.74) is 3.02. The van der Waals surface area contributed by atoms with Crippen molar-refractivity contribution in [1.82, 2.24) is 4.90 Å². The van der Waals surface area contributed by atoms with E-state index in [9.17, 15) is 34.2 Å². The van der Waals surface area contributed by atoms with Gasteiger partial charge >= 0.3 is 12.2 Å². The Bertz CT molecular complexity index is 1910. The molecule has 2 saturated heterocycles. The standard InChI is InChI=1S/C38H44FN5O15/c1-51-16-3-13-40-15-17-52-33-11-6-26(18-32(33)40)23-53-34-21-42(37(45)54-24-56-43(47)48)22-35(59-38(46)55-25-57-44(49)50)36(34)27-7-9-30(10-8-27)58-31-12-14-41(20-31)29-5-2-4-28(39)19-29/h2,4-11,18-19,31,34-36H,3,12-17,20-25H2,1H3. The monoisotopic (exact) mass is 829 g/mol. The molecule has 0 aliphatic carbocycles. The minimum absolute atomic E-state index is 0.0339. The highest BCUT2D eigenvalue weighted by Crippen LogP contribution is 2.37. The van der Waals surface area contributed by atoms with Crippen LogP contribution in [0.15, 0.2) is 66.7 Å². The van der Waals surface area contributed by atoms with Crippen molar-refractivity contribution >= 4 is 23.6 Å². The molecule has 3 aliphatic heterocycles. The molecule has 0 radical (unpaired) electrons. The average molecular weight is 830 g/mol. The summed E-state index contributed by atoms with van der Waals surface area (Å²) in [7, 11) is 1.65. The van der Waals surface area contributed by atoms with E-state index in [1.54, 1.807) is 37.4 Å². The predicted octanol–water partition coefficient (Wildman–Crippen LogP) is 4.69. The Hall–Kier alpha value is -6.35. The first kappa shape index (κ1) is 42.3. The van der Waals surface area contributed by atoms with Crippen molar-refractivity contribution in [3.8, 4) is 11.5 Å². The highest BCUT2D eigenvalue weighted by molar-refractivity contribution is 5.68. The van der Waals surface area contributed by atoms with Gasteiger partial charge in [-0.25, -0.2) is 14.0 Å². The summed E-state index contributed by atoms with van der Waals surface area (Å²) >= 11 is 0. The van der Waals surface area contributed by atoms with Crippen molar-refractivity contribution in [2.24, 2.45) is 0 Å². The molecule has 4 atom stereocenters. The van der Waals surface area contributed by atoms with E-state index in [0.717, 1.165) is 34.8 Å². The number of benzene rings is 3. The van der Waals surface area contributed by atoms with E-state index in [2.05, 4.69) is 14.6 Å². The zero-order valence-corrected chi connectivity index (χ0v) is 32.1. The molecule has 0 spiro atoms. The van der Waals surface area contributed by atoms with Gasteiger partial charge in [-0.15, -0.1) is 20.2 Å². The van der Waals surface area contributed by atoms with Crippen LogP contribution in [0.4, 0.5) is 25.4 Å². The smallest absolute Gasteiger partial charge is 0.490 e. The fourth-order valence-electron chi connectivity index (χ4n) is 7.24. The third-order valence-electron chi connectivity index (χ3n) is 9.89. The molecule has 3 aromatic rings. The Morgan fingerprint density at radius 1 is 0.915 bits per heavy atom. The van der Waals surface area contributed by atoms with Gasteiger partial charge in [-0.05, 0) is 60.0 Å². The number of methoxy groups -OCH3 is 1. The van der Waals surface area contributed by atoms with E-state index in [4.69, 9.17) is 33.2 Å². The van der Waals surface area contributed by atoms with Crippen LogP contribution in [-0.4, -0.2) is 119 Å². The summed E-state index contributed by atoms with van der Waals surface area (Å²) in [5, 5.41) is 19.1. The molecule has 0 N–H and O–H groups in total. The molecule has 2 fully saturated rings. The molecule has 59 heavy (non-hydrogen) atoms. The third-order valence-corrected chi connectivity index (χ3v) is 9.89. The van der Waals surface area contributed by atoms with Crippen LogP contribution in [0, 0.1) is 26.0 Å². The highest BCUT2D eigenvalue weighted by atomic mass is 19.1. The molecule has 0 aromatic heterocycles. The Labute approximate surface area is 337 Å². The second-order valence-corrected chi connectivity index (χ2v) is 13.7. The number of amides is 1. The van der Waals surface area contributed by atoms with E-state index in [1.165, 1.54) is 12.1 Å². The first-order valence-electron chi connectivity index (χ1n) is 18.7. The number of fused-ring (bicyclic) bond motifs is 1. The lowest BCUT2D eigenvalue weighted by Gasteiger charge is -2.42. The predicted molar refractivity (Wildman–Crippen MR) is 201 cm³/mol. The molecule has 1 amide bonds. The van der Waals surface area contributed by atoms with E-state index >= 15 is 0 Å². The summed E-state index contributed by atoms with van der Waals surface area (Å²) < 4.78 is 53.2. The van der Waals surface area contributed by atoms with Crippen molar-refractivity contribution in [2.45, 2.75) is 43.7 Å². The van der Waals surface area contributed by atoms with Gasteiger partial charge in [0.25, 0.3) is 10.2 Å². The van der Waals surface area contributed by atoms with Gasteiger partial charge in [-0.3, -0.25) is 9.68 Å². The van der Waals surface area contributed by atoms with Gasteiger partial charge in [0.05, 0.1) is 50.5 Å². The molecule has 4 unspecified atom stereocenters. The van der Waals surface area contributed by atoms with E-state index < -0.39 is 54.1 Å². The molecule has 318 valence electrons. The molecule has 0 saturated carbocycles. The quantitative estimate of drug-likeness (QED) is 0.0559. The van der Waals surface area contributed by atoms with Crippen molar-refractivity contribution in [3.05, 3.63) is 104 Å². The lowest BCUT2D eigenvalue weighted by Crippen LogP contribution is -2.55. The summed E-state index contributed by atoms with van der Waals surface area (Å²) in [5.74, 6) is 0.167. The average Bonchev–Trinajstić information content (AvgIpc) is 3.68. The van der Waals surface area contributed by atoms with Crippen LogP contribution in [0.3, 0.4) is 0 Å². The third kappa shape index (κ3) is 11.9. The highest BCUT2D eigenvalue weighted by Gasteiger charge is 2.43. The van der Waals surface area contributed by atoms with Crippen LogP contribution in [0.5, 0.6) is 11.5 Å². The maximum absolute atomic E-state index is 13.9. The summed E-state index contributed by atoms with van der Waals surface area (Å²) in [6.07, 6.45) is -3.13. The van der Waals surface area contributed by atoms with E-state index in [-0.39, 0.29) is 31.6 Å². The summed E-state index contributed by atoms with van der Waals surface area (Å²) in [6, 6.07) is 19.0. The number of hydrogen-bond donors (Lipinski definition) is 0. The van der Waals surface area contributed by atoms with Crippen LogP contribution in [-0.2, 0) is 40.0 Å². The maximum Gasteiger partial charge on any atom is 0.510 e. The number of carbonyl (C=O) groups is 2. The topological polar surface area (TPSA) is 213 Å². The van der Waals surface area contributed by atoms with Crippen molar-refractivity contribution < 1.29 is 67.0 Å². The van der Waals surface area contributed by atoms with Gasteiger partial charge in [0.2, 0.25) is 13.6 Å². The number of likely N-dealkylation sites (tertiary alicyclic amines) is 1. The van der Waals surface area contributed by atoms with Gasteiger partial charge in [-0.2, -0.15) is 0 Å². The van der Waals surface area contributed by atoms with Gasteiger partial charge < -0.3 is 47.9 Å². The fraction of sp³-hybridized carbons (Fsp3) is 0.474. The molecule has 20 nitrogen and oxygen atoms in total. The zero-order chi connectivity index (χ0) is 41.7. The zero-order valence-electron chi connectivity index (χ0n) is 32.1. The van der Waals surface area contributed by atoms with Crippen LogP contribution >= 0.6 is 0 Å².